The molecule has 1 unspecified atom stereocenters. The molecule has 1 saturated carbocycles. The molecule has 4 rings (SSSR count). The first-order valence-corrected chi connectivity index (χ1v) is 12.3. The van der Waals surface area contributed by atoms with Crippen LogP contribution in [0.25, 0.3) is 0 Å². The van der Waals surface area contributed by atoms with Crippen LogP contribution in [0.2, 0.25) is 5.02 Å². The van der Waals surface area contributed by atoms with Crippen molar-refractivity contribution in [2.45, 2.75) is 43.0 Å². The summed E-state index contributed by atoms with van der Waals surface area (Å²) in [6.45, 7) is 0.339. The molecule has 170 valence electrons. The summed E-state index contributed by atoms with van der Waals surface area (Å²) in [6, 6.07) is 9.44. The van der Waals surface area contributed by atoms with Gasteiger partial charge in [-0.15, -0.1) is 0 Å². The summed E-state index contributed by atoms with van der Waals surface area (Å²) in [6.07, 6.45) is 4.19. The number of sulfonamides is 1. The van der Waals surface area contributed by atoms with Crippen LogP contribution in [0.15, 0.2) is 47.4 Å². The van der Waals surface area contributed by atoms with E-state index in [1.165, 1.54) is 30.3 Å². The van der Waals surface area contributed by atoms with Crippen molar-refractivity contribution in [2.24, 2.45) is 5.92 Å². The average Bonchev–Trinajstić information content (AvgIpc) is 3.39. The summed E-state index contributed by atoms with van der Waals surface area (Å²) in [5.74, 6) is -1.87. The van der Waals surface area contributed by atoms with E-state index in [1.54, 1.807) is 4.90 Å². The maximum absolute atomic E-state index is 14.0. The van der Waals surface area contributed by atoms with Gasteiger partial charge in [0, 0.05) is 24.0 Å². The minimum absolute atomic E-state index is 0.0383. The molecule has 0 aromatic heterocycles. The van der Waals surface area contributed by atoms with Gasteiger partial charge in [-0.3, -0.25) is 14.3 Å². The van der Waals surface area contributed by atoms with E-state index in [-0.39, 0.29) is 34.8 Å². The quantitative estimate of drug-likeness (QED) is 0.654. The Morgan fingerprint density at radius 2 is 1.81 bits per heavy atom. The molecule has 2 amide bonds. The molecule has 2 aliphatic rings. The van der Waals surface area contributed by atoms with Crippen LogP contribution in [0.4, 0.5) is 15.8 Å². The molecule has 2 fully saturated rings. The van der Waals surface area contributed by atoms with Crippen molar-refractivity contribution in [3.8, 4) is 0 Å². The number of nitrogens with zero attached hydrogens (tertiary/aromatic N) is 1. The van der Waals surface area contributed by atoms with Crippen molar-refractivity contribution in [3.63, 3.8) is 0 Å². The summed E-state index contributed by atoms with van der Waals surface area (Å²) in [5, 5.41) is 2.97. The number of amides is 2. The second-order valence-electron chi connectivity index (χ2n) is 8.10. The number of rotatable bonds is 6. The van der Waals surface area contributed by atoms with Gasteiger partial charge < -0.3 is 10.2 Å². The largest absolute Gasteiger partial charge is 0.339 e. The van der Waals surface area contributed by atoms with Gasteiger partial charge in [0.2, 0.25) is 11.8 Å². The summed E-state index contributed by atoms with van der Waals surface area (Å²) >= 11 is 6.05. The number of likely N-dealkylation sites (tertiary alicyclic amines) is 1. The predicted molar refractivity (Wildman–Crippen MR) is 119 cm³/mol. The molecule has 32 heavy (non-hydrogen) atoms. The summed E-state index contributed by atoms with van der Waals surface area (Å²) in [5.41, 5.74) is 0.178. The molecule has 2 N–H and O–H groups in total. The molecule has 1 aliphatic carbocycles. The first-order valence-electron chi connectivity index (χ1n) is 10.4. The van der Waals surface area contributed by atoms with Gasteiger partial charge in [-0.25, -0.2) is 12.8 Å². The smallest absolute Gasteiger partial charge is 0.264 e. The van der Waals surface area contributed by atoms with Gasteiger partial charge in [0.1, 0.15) is 10.7 Å². The molecule has 2 aromatic carbocycles. The molecular weight excluding hydrogens is 457 g/mol. The van der Waals surface area contributed by atoms with Crippen LogP contribution in [-0.4, -0.2) is 37.7 Å². The Bertz CT molecular complexity index is 1150. The van der Waals surface area contributed by atoms with Crippen LogP contribution >= 0.6 is 11.6 Å². The number of carbonyl (C=O) groups excluding carboxylic acids is 2. The van der Waals surface area contributed by atoms with Crippen molar-refractivity contribution in [2.75, 3.05) is 16.6 Å². The summed E-state index contributed by atoms with van der Waals surface area (Å²) in [7, 11) is -4.24. The Kier molecular flexibility index (Phi) is 6.39. The zero-order valence-electron chi connectivity index (χ0n) is 17.2. The average molecular weight is 480 g/mol. The fourth-order valence-electron chi connectivity index (χ4n) is 4.28. The van der Waals surface area contributed by atoms with Crippen LogP contribution in [0.1, 0.15) is 32.1 Å². The third kappa shape index (κ3) is 4.73. The van der Waals surface area contributed by atoms with Gasteiger partial charge in [-0.05, 0) is 43.2 Å². The molecule has 0 radical (unpaired) electrons. The number of hydrogen-bond donors (Lipinski definition) is 2. The van der Waals surface area contributed by atoms with Crippen molar-refractivity contribution in [1.29, 1.82) is 0 Å². The lowest BCUT2D eigenvalue weighted by Gasteiger charge is -2.24. The molecule has 1 saturated heterocycles. The third-order valence-electron chi connectivity index (χ3n) is 5.90. The number of halogens is 2. The Morgan fingerprint density at radius 3 is 2.53 bits per heavy atom. The van der Waals surface area contributed by atoms with E-state index in [0.29, 0.717) is 6.54 Å². The second kappa shape index (κ2) is 9.07. The maximum Gasteiger partial charge on any atom is 0.264 e. The highest BCUT2D eigenvalue weighted by molar-refractivity contribution is 7.92. The topological polar surface area (TPSA) is 95.6 Å². The maximum atomic E-state index is 14.0. The standard InChI is InChI=1S/C22H23ClFN3O4S/c23-15-9-10-18(26-32(30,31)20-8-4-3-7-17(20)24)19(12-15)25-22(29)14-11-21(28)27(13-14)16-5-1-2-6-16/h3-4,7-10,12,14,16,26H,1-2,5-6,11,13H2,(H,25,29). The first-order chi connectivity index (χ1) is 15.2. The van der Waals surface area contributed by atoms with Crippen LogP contribution in [0.3, 0.4) is 0 Å². The fourth-order valence-corrected chi connectivity index (χ4v) is 5.61. The SMILES string of the molecule is O=C(Nc1cc(Cl)ccc1NS(=O)(=O)c1ccccc1F)C1CC(=O)N(C2CCCC2)C1. The highest BCUT2D eigenvalue weighted by Crippen LogP contribution is 2.32. The highest BCUT2D eigenvalue weighted by atomic mass is 35.5. The fraction of sp³-hybridized carbons (Fsp3) is 0.364. The van der Waals surface area contributed by atoms with Crippen LogP contribution in [0.5, 0.6) is 0 Å². The molecule has 10 heteroatoms. The highest BCUT2D eigenvalue weighted by Gasteiger charge is 2.38. The van der Waals surface area contributed by atoms with Crippen molar-refractivity contribution in [3.05, 3.63) is 53.3 Å². The van der Waals surface area contributed by atoms with E-state index < -0.39 is 32.6 Å². The predicted octanol–water partition coefficient (Wildman–Crippen LogP) is 4.01. The van der Waals surface area contributed by atoms with Gasteiger partial charge in [0.05, 0.1) is 17.3 Å². The van der Waals surface area contributed by atoms with E-state index in [1.807, 2.05) is 0 Å². The Hall–Kier alpha value is -2.65. The van der Waals surface area contributed by atoms with E-state index in [2.05, 4.69) is 10.0 Å². The minimum Gasteiger partial charge on any atom is -0.339 e. The molecule has 2 aromatic rings. The van der Waals surface area contributed by atoms with Crippen LogP contribution < -0.4 is 10.0 Å². The summed E-state index contributed by atoms with van der Waals surface area (Å²) < 4.78 is 41.7. The van der Waals surface area contributed by atoms with Crippen molar-refractivity contribution in [1.82, 2.24) is 4.90 Å². The van der Waals surface area contributed by atoms with Crippen LogP contribution in [0, 0.1) is 11.7 Å². The Labute approximate surface area is 191 Å². The van der Waals surface area contributed by atoms with Gasteiger partial charge in [0.25, 0.3) is 10.0 Å². The van der Waals surface area contributed by atoms with Crippen molar-refractivity contribution >= 4 is 44.8 Å². The number of anilines is 2. The number of benzene rings is 2. The molecule has 1 atom stereocenters. The van der Waals surface area contributed by atoms with E-state index in [4.69, 9.17) is 11.6 Å². The third-order valence-corrected chi connectivity index (χ3v) is 7.54. The molecule has 7 nitrogen and oxygen atoms in total. The normalized spacial score (nSPS) is 19.4. The Morgan fingerprint density at radius 1 is 1.09 bits per heavy atom. The van der Waals surface area contributed by atoms with Crippen LogP contribution in [-0.2, 0) is 19.6 Å². The zero-order valence-corrected chi connectivity index (χ0v) is 18.8. The van der Waals surface area contributed by atoms with E-state index in [9.17, 15) is 22.4 Å². The number of nitrogens with one attached hydrogen (secondary N) is 2. The first kappa shape index (κ1) is 22.5. The van der Waals surface area contributed by atoms with Crippen molar-refractivity contribution < 1.29 is 22.4 Å². The molecule has 0 bridgehead atoms. The molecule has 1 heterocycles. The molecule has 1 aliphatic heterocycles. The lowest BCUT2D eigenvalue weighted by atomic mass is 10.1. The monoisotopic (exact) mass is 479 g/mol. The number of carbonyl (C=O) groups is 2. The van der Waals surface area contributed by atoms with E-state index in [0.717, 1.165) is 37.8 Å². The van der Waals surface area contributed by atoms with Gasteiger partial charge in [-0.1, -0.05) is 36.6 Å². The van der Waals surface area contributed by atoms with Gasteiger partial charge >= 0.3 is 0 Å². The molecular formula is C22H23ClFN3O4S. The Balaban J connectivity index is 1.52. The van der Waals surface area contributed by atoms with Gasteiger partial charge in [-0.2, -0.15) is 0 Å². The number of hydrogen-bond acceptors (Lipinski definition) is 4. The lowest BCUT2D eigenvalue weighted by Crippen LogP contribution is -2.35. The van der Waals surface area contributed by atoms with Gasteiger partial charge in [0.15, 0.2) is 0 Å². The lowest BCUT2D eigenvalue weighted by molar-refractivity contribution is -0.129. The summed E-state index contributed by atoms with van der Waals surface area (Å²) in [4.78, 5) is 26.6. The second-order valence-corrected chi connectivity index (χ2v) is 10.2. The zero-order chi connectivity index (χ0) is 22.9. The van der Waals surface area contributed by atoms with E-state index >= 15 is 0 Å². The minimum atomic E-state index is -4.24. The molecule has 0 spiro atoms.